The van der Waals surface area contributed by atoms with Crippen molar-refractivity contribution < 1.29 is 14.3 Å². The molecule has 1 aliphatic rings. The van der Waals surface area contributed by atoms with Crippen LogP contribution in [0.2, 0.25) is 0 Å². The van der Waals surface area contributed by atoms with Crippen molar-refractivity contribution in [2.24, 2.45) is 0 Å². The largest absolute Gasteiger partial charge is 0.494 e. The number of thioether (sulfide) groups is 1. The number of hydrogen-bond acceptors (Lipinski definition) is 4. The van der Waals surface area contributed by atoms with Gasteiger partial charge in [-0.2, -0.15) is 0 Å². The highest BCUT2D eigenvalue weighted by Gasteiger charge is 2.38. The maximum Gasteiger partial charge on any atom is 0.289 e. The third-order valence-corrected chi connectivity index (χ3v) is 4.62. The standard InChI is InChI=1S/C14H16BrNO3S/c1-3-16-13(17)12(20-14(16)18)8-9-7-10(15)5-6-11(9)19-4-2/h5-7,12H,3-4,8H2,1-2H3/t12-/m1/s1. The summed E-state index contributed by atoms with van der Waals surface area (Å²) in [5.41, 5.74) is 0.942. The molecular weight excluding hydrogens is 342 g/mol. The van der Waals surface area contributed by atoms with Gasteiger partial charge in [0.2, 0.25) is 5.91 Å². The SMILES string of the molecule is CCOc1ccc(Br)cc1C[C@H]1SC(=O)N(CC)C1=O. The molecule has 1 saturated heterocycles. The molecule has 1 aromatic rings. The van der Waals surface area contributed by atoms with Crippen LogP contribution in [-0.4, -0.2) is 34.4 Å². The minimum atomic E-state index is -0.351. The van der Waals surface area contributed by atoms with Gasteiger partial charge in [-0.3, -0.25) is 14.5 Å². The van der Waals surface area contributed by atoms with Gasteiger partial charge in [-0.05, 0) is 44.0 Å². The number of amides is 2. The molecule has 0 unspecified atom stereocenters. The van der Waals surface area contributed by atoms with Crippen molar-refractivity contribution in [1.29, 1.82) is 0 Å². The molecular formula is C14H16BrNO3S. The fourth-order valence-electron chi connectivity index (χ4n) is 2.12. The Labute approximate surface area is 131 Å². The van der Waals surface area contributed by atoms with Crippen LogP contribution in [0, 0.1) is 0 Å². The smallest absolute Gasteiger partial charge is 0.289 e. The van der Waals surface area contributed by atoms with E-state index < -0.39 is 0 Å². The summed E-state index contributed by atoms with van der Waals surface area (Å²) >= 11 is 4.53. The molecule has 20 heavy (non-hydrogen) atoms. The third-order valence-electron chi connectivity index (χ3n) is 3.05. The molecule has 0 radical (unpaired) electrons. The lowest BCUT2D eigenvalue weighted by atomic mass is 10.1. The van der Waals surface area contributed by atoms with Gasteiger partial charge in [0.15, 0.2) is 0 Å². The second-order valence-corrected chi connectivity index (χ2v) is 6.41. The molecule has 0 bridgehead atoms. The Morgan fingerprint density at radius 1 is 1.35 bits per heavy atom. The van der Waals surface area contributed by atoms with Gasteiger partial charge in [-0.1, -0.05) is 27.7 Å². The second-order valence-electron chi connectivity index (χ2n) is 4.34. The second kappa shape index (κ2) is 6.63. The van der Waals surface area contributed by atoms with E-state index in [1.807, 2.05) is 32.0 Å². The summed E-state index contributed by atoms with van der Waals surface area (Å²) in [4.78, 5) is 25.2. The molecule has 6 heteroatoms. The molecule has 0 aromatic heterocycles. The summed E-state index contributed by atoms with van der Waals surface area (Å²) in [5.74, 6) is 0.663. The van der Waals surface area contributed by atoms with E-state index in [1.165, 1.54) is 4.90 Å². The Kier molecular flexibility index (Phi) is 5.10. The number of nitrogens with zero attached hydrogens (tertiary/aromatic N) is 1. The van der Waals surface area contributed by atoms with Crippen molar-refractivity contribution in [3.8, 4) is 5.75 Å². The molecule has 1 heterocycles. The Hall–Kier alpha value is -1.01. The predicted octanol–water partition coefficient (Wildman–Crippen LogP) is 3.47. The van der Waals surface area contributed by atoms with Crippen molar-refractivity contribution >= 4 is 38.8 Å². The maximum atomic E-state index is 12.1. The van der Waals surface area contributed by atoms with Crippen LogP contribution < -0.4 is 4.74 Å². The zero-order chi connectivity index (χ0) is 14.7. The van der Waals surface area contributed by atoms with Gasteiger partial charge in [0.25, 0.3) is 5.24 Å². The van der Waals surface area contributed by atoms with Gasteiger partial charge in [0.05, 0.1) is 11.9 Å². The monoisotopic (exact) mass is 357 g/mol. The van der Waals surface area contributed by atoms with E-state index in [1.54, 1.807) is 0 Å². The van der Waals surface area contributed by atoms with Crippen LogP contribution in [0.3, 0.4) is 0 Å². The van der Waals surface area contributed by atoms with Crippen molar-refractivity contribution in [3.63, 3.8) is 0 Å². The van der Waals surface area contributed by atoms with E-state index in [4.69, 9.17) is 4.74 Å². The number of rotatable bonds is 5. The van der Waals surface area contributed by atoms with Crippen LogP contribution in [0.15, 0.2) is 22.7 Å². The average molecular weight is 358 g/mol. The van der Waals surface area contributed by atoms with Crippen LogP contribution in [0.5, 0.6) is 5.75 Å². The van der Waals surface area contributed by atoms with Crippen molar-refractivity contribution in [2.45, 2.75) is 25.5 Å². The molecule has 2 rings (SSSR count). The average Bonchev–Trinajstić information content (AvgIpc) is 2.67. The highest BCUT2D eigenvalue weighted by Crippen LogP contribution is 2.33. The summed E-state index contributed by atoms with van der Waals surface area (Å²) in [5, 5.41) is -0.508. The zero-order valence-electron chi connectivity index (χ0n) is 11.4. The van der Waals surface area contributed by atoms with Crippen molar-refractivity contribution in [3.05, 3.63) is 28.2 Å². The van der Waals surface area contributed by atoms with E-state index in [9.17, 15) is 9.59 Å². The Balaban J connectivity index is 2.20. The molecule has 108 valence electrons. The Bertz CT molecular complexity index is 535. The molecule has 0 aliphatic carbocycles. The predicted molar refractivity (Wildman–Crippen MR) is 83.2 cm³/mol. The Morgan fingerprint density at radius 2 is 2.10 bits per heavy atom. The molecule has 0 saturated carbocycles. The molecule has 4 nitrogen and oxygen atoms in total. The van der Waals surface area contributed by atoms with Crippen LogP contribution in [0.4, 0.5) is 4.79 Å². The van der Waals surface area contributed by atoms with E-state index in [0.29, 0.717) is 19.6 Å². The van der Waals surface area contributed by atoms with E-state index in [0.717, 1.165) is 27.5 Å². The van der Waals surface area contributed by atoms with Crippen LogP contribution in [0.25, 0.3) is 0 Å². The fraction of sp³-hybridized carbons (Fsp3) is 0.429. The van der Waals surface area contributed by atoms with Gasteiger partial charge >= 0.3 is 0 Å². The van der Waals surface area contributed by atoms with Crippen molar-refractivity contribution in [1.82, 2.24) is 4.90 Å². The zero-order valence-corrected chi connectivity index (χ0v) is 13.8. The molecule has 1 fully saturated rings. The number of benzene rings is 1. The first-order chi connectivity index (χ1) is 9.56. The first kappa shape index (κ1) is 15.4. The van der Waals surface area contributed by atoms with Crippen LogP contribution in [-0.2, 0) is 11.2 Å². The summed E-state index contributed by atoms with van der Waals surface area (Å²) < 4.78 is 6.51. The van der Waals surface area contributed by atoms with Gasteiger partial charge in [-0.15, -0.1) is 0 Å². The molecule has 0 N–H and O–H groups in total. The van der Waals surface area contributed by atoms with Gasteiger partial charge < -0.3 is 4.74 Å². The highest BCUT2D eigenvalue weighted by molar-refractivity contribution is 9.10. The number of ether oxygens (including phenoxy) is 1. The minimum absolute atomic E-state index is 0.107. The molecule has 2 amide bonds. The lowest BCUT2D eigenvalue weighted by Crippen LogP contribution is -2.31. The van der Waals surface area contributed by atoms with Gasteiger partial charge in [0, 0.05) is 11.0 Å². The molecule has 0 spiro atoms. The van der Waals surface area contributed by atoms with Crippen molar-refractivity contribution in [2.75, 3.05) is 13.2 Å². The first-order valence-electron chi connectivity index (χ1n) is 6.50. The summed E-state index contributed by atoms with van der Waals surface area (Å²) in [6, 6.07) is 5.73. The first-order valence-corrected chi connectivity index (χ1v) is 8.17. The summed E-state index contributed by atoms with van der Waals surface area (Å²) in [7, 11) is 0. The molecule has 1 aliphatic heterocycles. The van der Waals surface area contributed by atoms with Gasteiger partial charge in [-0.25, -0.2) is 0 Å². The normalized spacial score (nSPS) is 18.8. The van der Waals surface area contributed by atoms with Gasteiger partial charge in [0.1, 0.15) is 5.75 Å². The quantitative estimate of drug-likeness (QED) is 0.809. The number of carbonyl (C=O) groups excluding carboxylic acids is 2. The van der Waals surface area contributed by atoms with Crippen LogP contribution in [0.1, 0.15) is 19.4 Å². The fourth-order valence-corrected chi connectivity index (χ4v) is 3.61. The Morgan fingerprint density at radius 3 is 2.70 bits per heavy atom. The number of carbonyl (C=O) groups is 2. The van der Waals surface area contributed by atoms with Crippen LogP contribution >= 0.6 is 27.7 Å². The summed E-state index contributed by atoms with van der Waals surface area (Å²) in [6.07, 6.45) is 0.501. The topological polar surface area (TPSA) is 46.6 Å². The molecule has 1 atom stereocenters. The lowest BCUT2D eigenvalue weighted by molar-refractivity contribution is -0.126. The third kappa shape index (κ3) is 3.17. The van der Waals surface area contributed by atoms with E-state index >= 15 is 0 Å². The number of halogens is 1. The van der Waals surface area contributed by atoms with E-state index in [-0.39, 0.29) is 16.4 Å². The summed E-state index contributed by atoms with van der Waals surface area (Å²) in [6.45, 7) is 4.73. The number of hydrogen-bond donors (Lipinski definition) is 0. The van der Waals surface area contributed by atoms with E-state index in [2.05, 4.69) is 15.9 Å². The number of imide groups is 1. The maximum absolute atomic E-state index is 12.1. The lowest BCUT2D eigenvalue weighted by Gasteiger charge is -2.13. The molecule has 1 aromatic carbocycles. The highest BCUT2D eigenvalue weighted by atomic mass is 79.9. The minimum Gasteiger partial charge on any atom is -0.494 e.